The van der Waals surface area contributed by atoms with Crippen molar-refractivity contribution in [3.05, 3.63) is 153 Å². The molecule has 2 aromatic heterocycles. The zero-order valence-corrected chi connectivity index (χ0v) is 22.8. The smallest absolute Gasteiger partial charge is 0.181 e. The van der Waals surface area contributed by atoms with Gasteiger partial charge in [0.15, 0.2) is 28.6 Å². The van der Waals surface area contributed by atoms with Crippen LogP contribution in [0.15, 0.2) is 108 Å². The minimum atomic E-state index is -0.400. The molecule has 0 saturated carbocycles. The van der Waals surface area contributed by atoms with E-state index in [0.717, 1.165) is 16.7 Å². The summed E-state index contributed by atoms with van der Waals surface area (Å²) in [6, 6.07) is 26.0. The van der Waals surface area contributed by atoms with Crippen molar-refractivity contribution < 1.29 is 23.0 Å². The van der Waals surface area contributed by atoms with Crippen molar-refractivity contribution in [1.82, 2.24) is 9.97 Å². The third kappa shape index (κ3) is 9.32. The molecule has 0 amide bonds. The van der Waals surface area contributed by atoms with Crippen LogP contribution in [0, 0.1) is 25.5 Å². The zero-order chi connectivity index (χ0) is 29.0. The van der Waals surface area contributed by atoms with E-state index in [0.29, 0.717) is 23.7 Å². The SMILES string of the molecule is Cc1ccc(OCc2cc(=O)cc[nH]2)c(F)c1.Cc1ccc(OCc2cc(OCc3ccccc3)ccn2)c(F)c1. The van der Waals surface area contributed by atoms with Gasteiger partial charge in [-0.3, -0.25) is 9.78 Å². The summed E-state index contributed by atoms with van der Waals surface area (Å²) in [7, 11) is 0. The number of aromatic nitrogens is 2. The van der Waals surface area contributed by atoms with E-state index in [9.17, 15) is 13.6 Å². The van der Waals surface area contributed by atoms with Gasteiger partial charge in [0.05, 0.1) is 11.4 Å². The first-order valence-electron chi connectivity index (χ1n) is 12.9. The highest BCUT2D eigenvalue weighted by molar-refractivity contribution is 5.30. The summed E-state index contributed by atoms with van der Waals surface area (Å²) < 4.78 is 43.8. The Bertz CT molecular complexity index is 1620. The number of pyridine rings is 2. The van der Waals surface area contributed by atoms with Crippen LogP contribution in [0.2, 0.25) is 0 Å². The fourth-order valence-electron chi connectivity index (χ4n) is 3.69. The van der Waals surface area contributed by atoms with Gasteiger partial charge in [0.2, 0.25) is 0 Å². The molecule has 210 valence electrons. The molecule has 2 heterocycles. The number of halogens is 2. The molecule has 0 spiro atoms. The number of nitrogens with one attached hydrogen (secondary N) is 1. The van der Waals surface area contributed by atoms with Crippen molar-refractivity contribution in [3.63, 3.8) is 0 Å². The molecule has 1 N–H and O–H groups in total. The van der Waals surface area contributed by atoms with Crippen molar-refractivity contribution >= 4 is 0 Å². The second-order valence-electron chi connectivity index (χ2n) is 9.25. The van der Waals surface area contributed by atoms with E-state index in [1.54, 1.807) is 36.5 Å². The first-order valence-corrected chi connectivity index (χ1v) is 12.9. The van der Waals surface area contributed by atoms with Crippen LogP contribution in [-0.4, -0.2) is 9.97 Å². The molecule has 0 aliphatic heterocycles. The largest absolute Gasteiger partial charge is 0.489 e. The molecule has 5 aromatic rings. The molecule has 3 aromatic carbocycles. The van der Waals surface area contributed by atoms with Crippen LogP contribution in [0.3, 0.4) is 0 Å². The lowest BCUT2D eigenvalue weighted by Crippen LogP contribution is -2.05. The molecule has 0 bridgehead atoms. The number of benzene rings is 3. The van der Waals surface area contributed by atoms with Crippen molar-refractivity contribution in [2.45, 2.75) is 33.7 Å². The lowest BCUT2D eigenvalue weighted by Gasteiger charge is -2.09. The summed E-state index contributed by atoms with van der Waals surface area (Å²) in [6.07, 6.45) is 3.19. The number of hydrogen-bond acceptors (Lipinski definition) is 5. The van der Waals surface area contributed by atoms with Gasteiger partial charge in [-0.05, 0) is 60.9 Å². The Hall–Kier alpha value is -4.98. The van der Waals surface area contributed by atoms with Gasteiger partial charge in [0.1, 0.15) is 25.6 Å². The quantitative estimate of drug-likeness (QED) is 0.210. The number of rotatable bonds is 9. The van der Waals surface area contributed by atoms with E-state index < -0.39 is 5.82 Å². The number of ether oxygens (including phenoxy) is 3. The molecule has 0 aliphatic carbocycles. The van der Waals surface area contributed by atoms with Gasteiger partial charge in [-0.25, -0.2) is 8.78 Å². The monoisotopic (exact) mass is 556 g/mol. The van der Waals surface area contributed by atoms with E-state index in [2.05, 4.69) is 9.97 Å². The predicted octanol–water partition coefficient (Wildman–Crippen LogP) is 7.09. The third-order valence-electron chi connectivity index (χ3n) is 5.80. The molecule has 0 radical (unpaired) electrons. The van der Waals surface area contributed by atoms with Crippen LogP contribution in [0.1, 0.15) is 28.1 Å². The molecule has 8 heteroatoms. The second kappa shape index (κ2) is 14.4. The Labute approximate surface area is 237 Å². The second-order valence-corrected chi connectivity index (χ2v) is 9.25. The molecule has 0 aliphatic rings. The van der Waals surface area contributed by atoms with Gasteiger partial charge in [-0.2, -0.15) is 0 Å². The van der Waals surface area contributed by atoms with Crippen LogP contribution in [0.4, 0.5) is 8.78 Å². The number of hydrogen-bond donors (Lipinski definition) is 1. The average Bonchev–Trinajstić information content (AvgIpc) is 2.96. The van der Waals surface area contributed by atoms with Crippen molar-refractivity contribution in [2.24, 2.45) is 0 Å². The highest BCUT2D eigenvalue weighted by atomic mass is 19.1. The van der Waals surface area contributed by atoms with E-state index >= 15 is 0 Å². The summed E-state index contributed by atoms with van der Waals surface area (Å²) in [5.74, 6) is 0.338. The molecule has 6 nitrogen and oxygen atoms in total. The standard InChI is InChI=1S/C20H18FNO2.C13H12FNO2/c1-15-7-8-20(19(21)11-15)24-14-17-12-18(9-10-22-17)23-13-16-5-3-2-4-6-16;1-9-2-3-13(12(14)6-9)17-8-10-7-11(16)4-5-15-10/h2-12H,13-14H2,1H3;2-7H,8H2,1H3,(H,15,16). The van der Waals surface area contributed by atoms with Gasteiger partial charge in [-0.15, -0.1) is 0 Å². The lowest BCUT2D eigenvalue weighted by molar-refractivity contribution is 0.281. The van der Waals surface area contributed by atoms with Gasteiger partial charge < -0.3 is 19.2 Å². The summed E-state index contributed by atoms with van der Waals surface area (Å²) >= 11 is 0. The molecule has 0 fully saturated rings. The van der Waals surface area contributed by atoms with E-state index in [1.807, 2.05) is 50.2 Å². The van der Waals surface area contributed by atoms with Crippen molar-refractivity contribution in [2.75, 3.05) is 0 Å². The van der Waals surface area contributed by atoms with Gasteiger partial charge >= 0.3 is 0 Å². The molecule has 5 rings (SSSR count). The Morgan fingerprint density at radius 3 is 2.00 bits per heavy atom. The van der Waals surface area contributed by atoms with Crippen LogP contribution in [0.5, 0.6) is 17.2 Å². The Morgan fingerprint density at radius 2 is 1.37 bits per heavy atom. The van der Waals surface area contributed by atoms with Gasteiger partial charge in [-0.1, -0.05) is 42.5 Å². The first kappa shape index (κ1) is 29.0. The molecular formula is C33H30F2N2O4. The van der Waals surface area contributed by atoms with E-state index in [-0.39, 0.29) is 36.0 Å². The maximum Gasteiger partial charge on any atom is 0.181 e. The maximum absolute atomic E-state index is 13.8. The Balaban J connectivity index is 0.000000201. The van der Waals surface area contributed by atoms with E-state index in [4.69, 9.17) is 14.2 Å². The summed E-state index contributed by atoms with van der Waals surface area (Å²) in [6.45, 7) is 4.44. The summed E-state index contributed by atoms with van der Waals surface area (Å²) in [5.41, 5.74) is 3.97. The molecule has 0 atom stereocenters. The number of H-pyrrole nitrogens is 1. The number of aryl methyl sites for hydroxylation is 2. The average molecular weight is 557 g/mol. The number of nitrogens with zero attached hydrogens (tertiary/aromatic N) is 1. The molecule has 0 saturated heterocycles. The third-order valence-corrected chi connectivity index (χ3v) is 5.80. The molecule has 41 heavy (non-hydrogen) atoms. The van der Waals surface area contributed by atoms with E-state index in [1.165, 1.54) is 30.5 Å². The van der Waals surface area contributed by atoms with Crippen LogP contribution in [0.25, 0.3) is 0 Å². The minimum absolute atomic E-state index is 0.105. The topological polar surface area (TPSA) is 73.4 Å². The van der Waals surface area contributed by atoms with Crippen LogP contribution in [-0.2, 0) is 19.8 Å². The summed E-state index contributed by atoms with van der Waals surface area (Å²) in [4.78, 5) is 18.2. The zero-order valence-electron chi connectivity index (χ0n) is 22.8. The fourth-order valence-corrected chi connectivity index (χ4v) is 3.69. The van der Waals surface area contributed by atoms with Crippen molar-refractivity contribution in [1.29, 1.82) is 0 Å². The Morgan fingerprint density at radius 1 is 0.707 bits per heavy atom. The summed E-state index contributed by atoms with van der Waals surface area (Å²) in [5, 5.41) is 0. The van der Waals surface area contributed by atoms with Crippen molar-refractivity contribution in [3.8, 4) is 17.2 Å². The fraction of sp³-hybridized carbons (Fsp3) is 0.152. The maximum atomic E-state index is 13.8. The first-order chi connectivity index (χ1) is 19.9. The van der Waals surface area contributed by atoms with Crippen LogP contribution >= 0.6 is 0 Å². The highest BCUT2D eigenvalue weighted by Gasteiger charge is 2.06. The molecule has 0 unspecified atom stereocenters. The van der Waals surface area contributed by atoms with Gasteiger partial charge in [0.25, 0.3) is 0 Å². The van der Waals surface area contributed by atoms with Crippen LogP contribution < -0.4 is 19.6 Å². The lowest BCUT2D eigenvalue weighted by atomic mass is 10.2. The minimum Gasteiger partial charge on any atom is -0.489 e. The number of aromatic amines is 1. The normalized spacial score (nSPS) is 10.3. The predicted molar refractivity (Wildman–Crippen MR) is 153 cm³/mol. The highest BCUT2D eigenvalue weighted by Crippen LogP contribution is 2.21. The molecular weight excluding hydrogens is 526 g/mol. The Kier molecular flexibility index (Phi) is 10.2. The van der Waals surface area contributed by atoms with Gasteiger partial charge in [0, 0.05) is 30.6 Å².